The van der Waals surface area contributed by atoms with Gasteiger partial charge in [-0.15, -0.1) is 5.10 Å². The van der Waals surface area contributed by atoms with Crippen molar-refractivity contribution in [1.29, 1.82) is 0 Å². The molecule has 1 aliphatic heterocycles. The van der Waals surface area contributed by atoms with Crippen LogP contribution in [-0.4, -0.2) is 132 Å². The number of aliphatic hydroxyl groups is 1. The van der Waals surface area contributed by atoms with Gasteiger partial charge in [0.2, 0.25) is 17.7 Å². The standard InChI is InChI=1S/C38H57N11O6/c1-38(2,3)55-37(54)43-30(20-27-13-9-6-10-14-27)35(52)42-31(21-28-23-39-25-40-28)36(53)41-29(19-26-11-7-5-8-12-26)32(50)22-33-44-45-46-49(33)24-34(51)48-17-15-47(4)16-18-48/h6,9-10,13-14,23,25-26,29-32,50H,5,7-8,11-12,15-22,24H2,1-4H3,(H,39,40)(H,41,53)(H,42,52)(H,43,54)/t29-,30-,31-,32-/m0/s1. The molecule has 1 aromatic carbocycles. The topological polar surface area (TPSA) is 213 Å². The number of aromatic nitrogens is 6. The number of aromatic amines is 1. The fourth-order valence-electron chi connectivity index (χ4n) is 7.09. The Labute approximate surface area is 322 Å². The summed E-state index contributed by atoms with van der Waals surface area (Å²) < 4.78 is 6.88. The molecule has 1 saturated carbocycles. The van der Waals surface area contributed by atoms with E-state index in [1.165, 1.54) is 11.0 Å². The number of amides is 4. The molecule has 1 aliphatic carbocycles. The predicted octanol–water partition coefficient (Wildman–Crippen LogP) is 1.39. The monoisotopic (exact) mass is 763 g/mol. The first kappa shape index (κ1) is 41.3. The summed E-state index contributed by atoms with van der Waals surface area (Å²) in [5.41, 5.74) is 0.614. The first-order valence-electron chi connectivity index (χ1n) is 19.3. The predicted molar refractivity (Wildman–Crippen MR) is 202 cm³/mol. The summed E-state index contributed by atoms with van der Waals surface area (Å²) in [7, 11) is 2.02. The highest BCUT2D eigenvalue weighted by Gasteiger charge is 2.33. The number of ether oxygens (including phenoxy) is 1. The Morgan fingerprint density at radius 3 is 2.29 bits per heavy atom. The second-order valence-electron chi connectivity index (χ2n) is 15.8. The van der Waals surface area contributed by atoms with Gasteiger partial charge in [0.15, 0.2) is 5.82 Å². The Balaban J connectivity index is 1.33. The molecule has 55 heavy (non-hydrogen) atoms. The Hall–Kier alpha value is -4.90. The van der Waals surface area contributed by atoms with E-state index in [2.05, 4.69) is 46.3 Å². The molecule has 3 aromatic rings. The van der Waals surface area contributed by atoms with Crippen LogP contribution in [0.4, 0.5) is 4.79 Å². The van der Waals surface area contributed by atoms with Gasteiger partial charge in [0.25, 0.3) is 0 Å². The van der Waals surface area contributed by atoms with Crippen LogP contribution >= 0.6 is 0 Å². The van der Waals surface area contributed by atoms with Crippen LogP contribution in [0.2, 0.25) is 0 Å². The molecule has 3 heterocycles. The first-order valence-corrected chi connectivity index (χ1v) is 19.3. The molecule has 300 valence electrons. The summed E-state index contributed by atoms with van der Waals surface area (Å²) >= 11 is 0. The zero-order chi connectivity index (χ0) is 39.4. The Kier molecular flexibility index (Phi) is 14.7. The highest BCUT2D eigenvalue weighted by Crippen LogP contribution is 2.28. The molecule has 2 fully saturated rings. The molecule has 0 radical (unpaired) electrons. The van der Waals surface area contributed by atoms with Crippen LogP contribution in [0.25, 0.3) is 0 Å². The summed E-state index contributed by atoms with van der Waals surface area (Å²) in [6, 6.07) is 6.36. The number of aliphatic hydroxyl groups excluding tert-OH is 1. The summed E-state index contributed by atoms with van der Waals surface area (Å²) in [6.07, 6.45) is 7.16. The maximum Gasteiger partial charge on any atom is 0.408 e. The van der Waals surface area contributed by atoms with E-state index in [9.17, 15) is 24.3 Å². The number of imidazole rings is 1. The van der Waals surface area contributed by atoms with Gasteiger partial charge in [-0.1, -0.05) is 62.4 Å². The molecule has 0 unspecified atom stereocenters. The number of piperazine rings is 1. The van der Waals surface area contributed by atoms with Gasteiger partial charge in [-0.2, -0.15) is 0 Å². The van der Waals surface area contributed by atoms with Crippen LogP contribution in [0, 0.1) is 5.92 Å². The third-order valence-corrected chi connectivity index (χ3v) is 10.1. The van der Waals surface area contributed by atoms with Crippen LogP contribution in [-0.2, 0) is 44.9 Å². The molecular formula is C38H57N11O6. The fourth-order valence-corrected chi connectivity index (χ4v) is 7.09. The minimum atomic E-state index is -1.10. The lowest BCUT2D eigenvalue weighted by Gasteiger charge is -2.32. The van der Waals surface area contributed by atoms with Crippen LogP contribution in [0.15, 0.2) is 42.9 Å². The summed E-state index contributed by atoms with van der Waals surface area (Å²) in [6.45, 7) is 7.94. The molecule has 2 aromatic heterocycles. The lowest BCUT2D eigenvalue weighted by atomic mass is 9.83. The van der Waals surface area contributed by atoms with Crippen LogP contribution in [0.3, 0.4) is 0 Å². The highest BCUT2D eigenvalue weighted by molar-refractivity contribution is 5.91. The summed E-state index contributed by atoms with van der Waals surface area (Å²) in [5.74, 6) is -0.590. The lowest BCUT2D eigenvalue weighted by Crippen LogP contribution is -2.58. The average molecular weight is 764 g/mol. The molecule has 17 nitrogen and oxygen atoms in total. The molecule has 17 heteroatoms. The summed E-state index contributed by atoms with van der Waals surface area (Å²) in [5, 5.41) is 32.4. The van der Waals surface area contributed by atoms with Gasteiger partial charge in [0.05, 0.1) is 18.5 Å². The molecule has 0 spiro atoms. The van der Waals surface area contributed by atoms with Gasteiger partial charge in [-0.05, 0) is 56.1 Å². The van der Waals surface area contributed by atoms with E-state index in [0.717, 1.165) is 50.8 Å². The van der Waals surface area contributed by atoms with E-state index < -0.39 is 47.7 Å². The van der Waals surface area contributed by atoms with Crippen molar-refractivity contribution in [1.82, 2.24) is 55.9 Å². The van der Waals surface area contributed by atoms with Crippen LogP contribution in [0.5, 0.6) is 0 Å². The van der Waals surface area contributed by atoms with Crippen molar-refractivity contribution < 1.29 is 29.0 Å². The normalized spacial score (nSPS) is 17.8. The molecule has 4 atom stereocenters. The van der Waals surface area contributed by atoms with Crippen molar-refractivity contribution in [2.75, 3.05) is 33.2 Å². The SMILES string of the molecule is CN1CCN(C(=O)Cn2nnnc2C[C@H](O)[C@H](CC2CCCCC2)NC(=O)[C@H](Cc2cnc[nH]2)NC(=O)[C@H](Cc2ccccc2)NC(=O)OC(C)(C)C)CC1. The lowest BCUT2D eigenvalue weighted by molar-refractivity contribution is -0.133. The molecule has 1 saturated heterocycles. The number of tetrazole rings is 1. The molecule has 0 bridgehead atoms. The van der Waals surface area contributed by atoms with Gasteiger partial charge >= 0.3 is 6.09 Å². The third-order valence-electron chi connectivity index (χ3n) is 10.1. The highest BCUT2D eigenvalue weighted by atomic mass is 16.6. The van der Waals surface area contributed by atoms with E-state index in [0.29, 0.717) is 31.0 Å². The number of carbonyl (C=O) groups excluding carboxylic acids is 4. The van der Waals surface area contributed by atoms with Crippen LogP contribution < -0.4 is 16.0 Å². The zero-order valence-corrected chi connectivity index (χ0v) is 32.4. The molecule has 4 amide bonds. The van der Waals surface area contributed by atoms with Gasteiger partial charge in [0, 0.05) is 57.3 Å². The first-order chi connectivity index (χ1) is 26.3. The Bertz CT molecular complexity index is 1660. The van der Waals surface area contributed by atoms with E-state index in [1.807, 2.05) is 37.4 Å². The van der Waals surface area contributed by atoms with Gasteiger partial charge < -0.3 is 40.6 Å². The number of nitrogens with zero attached hydrogens (tertiary/aromatic N) is 7. The third kappa shape index (κ3) is 13.1. The minimum absolute atomic E-state index is 0.00276. The number of benzene rings is 1. The number of H-pyrrole nitrogens is 1. The van der Waals surface area contributed by atoms with Crippen LogP contribution in [0.1, 0.15) is 76.4 Å². The second-order valence-corrected chi connectivity index (χ2v) is 15.8. The average Bonchev–Trinajstić information content (AvgIpc) is 3.83. The van der Waals surface area contributed by atoms with Gasteiger partial charge in [-0.3, -0.25) is 14.4 Å². The number of hydrogen-bond donors (Lipinski definition) is 5. The van der Waals surface area contributed by atoms with Gasteiger partial charge in [0.1, 0.15) is 24.2 Å². The maximum atomic E-state index is 14.3. The van der Waals surface area contributed by atoms with Crippen molar-refractivity contribution in [2.24, 2.45) is 5.92 Å². The number of likely N-dealkylation sites (N-methyl/N-ethyl adjacent to an activating group) is 1. The number of rotatable bonds is 16. The Morgan fingerprint density at radius 1 is 0.927 bits per heavy atom. The smallest absolute Gasteiger partial charge is 0.408 e. The van der Waals surface area contributed by atoms with Crippen molar-refractivity contribution in [3.05, 3.63) is 59.9 Å². The number of alkyl carbamates (subject to hydrolysis) is 1. The number of hydrogen-bond acceptors (Lipinski definition) is 11. The van der Waals surface area contributed by atoms with Gasteiger partial charge in [-0.25, -0.2) is 14.5 Å². The quantitative estimate of drug-likeness (QED) is 0.141. The maximum absolute atomic E-state index is 14.3. The fraction of sp³-hybridized carbons (Fsp3) is 0.632. The molecular weight excluding hydrogens is 706 g/mol. The van der Waals surface area contributed by atoms with E-state index in [4.69, 9.17) is 4.74 Å². The zero-order valence-electron chi connectivity index (χ0n) is 32.4. The van der Waals surface area contributed by atoms with E-state index in [-0.39, 0.29) is 37.6 Å². The number of carbonyl (C=O) groups is 4. The van der Waals surface area contributed by atoms with Crippen molar-refractivity contribution in [2.45, 2.75) is 115 Å². The Morgan fingerprint density at radius 2 is 1.62 bits per heavy atom. The minimum Gasteiger partial charge on any atom is -0.444 e. The van der Waals surface area contributed by atoms with Crippen molar-refractivity contribution in [3.63, 3.8) is 0 Å². The van der Waals surface area contributed by atoms with Crippen molar-refractivity contribution in [3.8, 4) is 0 Å². The van der Waals surface area contributed by atoms with Crippen molar-refractivity contribution >= 4 is 23.8 Å². The molecule has 5 rings (SSSR count). The number of nitrogens with one attached hydrogen (secondary N) is 4. The second kappa shape index (κ2) is 19.6. The van der Waals surface area contributed by atoms with E-state index in [1.54, 1.807) is 31.9 Å². The molecule has 2 aliphatic rings. The van der Waals surface area contributed by atoms with E-state index >= 15 is 0 Å². The largest absolute Gasteiger partial charge is 0.444 e. The summed E-state index contributed by atoms with van der Waals surface area (Å²) in [4.78, 5) is 65.3. The molecule has 5 N–H and O–H groups in total.